The van der Waals surface area contributed by atoms with Gasteiger partial charge in [0.05, 0.1) is 34.1 Å². The summed E-state index contributed by atoms with van der Waals surface area (Å²) in [5.74, 6) is 0.708. The van der Waals surface area contributed by atoms with Crippen LogP contribution in [0.25, 0.3) is 0 Å². The molecule has 9 nitrogen and oxygen atoms in total. The average Bonchev–Trinajstić information content (AvgIpc) is 3.00. The highest BCUT2D eigenvalue weighted by Crippen LogP contribution is 2.47. The molecule has 0 saturated heterocycles. The number of allylic oxidation sites excluding steroid dienone is 3. The highest BCUT2D eigenvalue weighted by Gasteiger charge is 2.41. The molecule has 2 aliphatic rings. The first-order valence-electron chi connectivity index (χ1n) is 13.6. The van der Waals surface area contributed by atoms with Crippen molar-refractivity contribution < 1.29 is 33.6 Å². The highest BCUT2D eigenvalue weighted by atomic mass is 16.5. The minimum absolute atomic E-state index is 0.0337. The molecule has 5 rings (SSSR count). The van der Waals surface area contributed by atoms with Crippen molar-refractivity contribution >= 4 is 17.4 Å². The number of methoxy groups -OCH3 is 4. The van der Waals surface area contributed by atoms with Gasteiger partial charge in [0.25, 0.3) is 5.91 Å². The van der Waals surface area contributed by atoms with Crippen molar-refractivity contribution in [2.75, 3.05) is 33.8 Å². The first kappa shape index (κ1) is 28.6. The average molecular weight is 571 g/mol. The van der Waals surface area contributed by atoms with Crippen molar-refractivity contribution in [3.63, 3.8) is 0 Å². The normalized spacial score (nSPS) is 18.2. The summed E-state index contributed by atoms with van der Waals surface area (Å²) in [6.07, 6.45) is 0.809. The molecule has 0 spiro atoms. The van der Waals surface area contributed by atoms with Crippen LogP contribution in [0.5, 0.6) is 28.7 Å². The van der Waals surface area contributed by atoms with Gasteiger partial charge in [0.2, 0.25) is 0 Å². The van der Waals surface area contributed by atoms with E-state index in [1.807, 2.05) is 31.2 Å². The summed E-state index contributed by atoms with van der Waals surface area (Å²) in [5.41, 5.74) is 4.42. The van der Waals surface area contributed by atoms with Gasteiger partial charge in [0, 0.05) is 34.9 Å². The number of anilines is 1. The van der Waals surface area contributed by atoms with Gasteiger partial charge in [0.1, 0.15) is 5.75 Å². The van der Waals surface area contributed by atoms with Gasteiger partial charge in [-0.3, -0.25) is 9.59 Å². The molecule has 0 radical (unpaired) electrons. The first-order chi connectivity index (χ1) is 20.3. The van der Waals surface area contributed by atoms with Crippen molar-refractivity contribution in [1.29, 1.82) is 0 Å². The van der Waals surface area contributed by atoms with Crippen LogP contribution >= 0.6 is 0 Å². The summed E-state index contributed by atoms with van der Waals surface area (Å²) in [6, 6.07) is 17.7. The van der Waals surface area contributed by atoms with Crippen molar-refractivity contribution in [1.82, 2.24) is 5.32 Å². The van der Waals surface area contributed by atoms with Gasteiger partial charge in [0.15, 0.2) is 28.8 Å². The second-order valence-electron chi connectivity index (χ2n) is 10.2. The quantitative estimate of drug-likeness (QED) is 0.329. The smallest absolute Gasteiger partial charge is 0.254 e. The van der Waals surface area contributed by atoms with E-state index in [4.69, 9.17) is 18.9 Å². The number of hydrogen-bond acceptors (Lipinski definition) is 8. The summed E-state index contributed by atoms with van der Waals surface area (Å²) >= 11 is 0. The number of phenolic OH excluding ortho intramolecular Hbond substituents is 1. The lowest BCUT2D eigenvalue weighted by Crippen LogP contribution is -2.37. The number of phenols is 1. The van der Waals surface area contributed by atoms with Gasteiger partial charge in [-0.05, 0) is 66.8 Å². The van der Waals surface area contributed by atoms with Crippen LogP contribution in [-0.4, -0.2) is 45.2 Å². The topological polar surface area (TPSA) is 115 Å². The fraction of sp³-hybridized carbons (Fsp3) is 0.273. The van der Waals surface area contributed by atoms with Crippen LogP contribution in [0.4, 0.5) is 5.69 Å². The number of ketones is 1. The number of hydrogen-bond donors (Lipinski definition) is 3. The van der Waals surface area contributed by atoms with Crippen LogP contribution in [0.15, 0.2) is 83.2 Å². The molecule has 0 bridgehead atoms. The number of aromatic hydroxyl groups is 1. The predicted octanol–water partition coefficient (Wildman–Crippen LogP) is 5.43. The number of Topliss-reactive ketones (excluding diaryl/α,β-unsaturated/α-hetero) is 1. The van der Waals surface area contributed by atoms with E-state index < -0.39 is 5.92 Å². The molecule has 1 amide bonds. The number of dihydropyridines is 1. The Balaban J connectivity index is 1.58. The number of para-hydroxylation sites is 2. The van der Waals surface area contributed by atoms with Gasteiger partial charge >= 0.3 is 0 Å². The second-order valence-corrected chi connectivity index (χ2v) is 10.2. The number of carbonyl (C=O) groups is 2. The van der Waals surface area contributed by atoms with Crippen LogP contribution in [0.3, 0.4) is 0 Å². The Morgan fingerprint density at radius 3 is 2.21 bits per heavy atom. The Hall–Kier alpha value is -4.92. The molecule has 218 valence electrons. The van der Waals surface area contributed by atoms with Crippen LogP contribution < -0.4 is 29.6 Å². The standard InChI is InChI=1S/C33H34N2O7/c1-18-30(33(38)35-22-8-6-7-9-26(22)39-2)31(20-10-12-24(36)28(17-20)41-4)32-23(34-18)14-21(15-25(32)37)19-11-13-27(40-3)29(16-19)42-5/h6-13,16-17,21,31,34,36H,14-15H2,1-5H3,(H,35,38)/t21-,31+/m0/s1. The summed E-state index contributed by atoms with van der Waals surface area (Å²) in [4.78, 5) is 28.0. The zero-order valence-electron chi connectivity index (χ0n) is 24.2. The van der Waals surface area contributed by atoms with Gasteiger partial charge < -0.3 is 34.7 Å². The molecular formula is C33H34N2O7. The van der Waals surface area contributed by atoms with Crippen molar-refractivity contribution in [3.05, 3.63) is 94.3 Å². The van der Waals surface area contributed by atoms with E-state index in [1.54, 1.807) is 44.6 Å². The maximum atomic E-state index is 14.0. The molecule has 42 heavy (non-hydrogen) atoms. The predicted molar refractivity (Wildman–Crippen MR) is 158 cm³/mol. The monoisotopic (exact) mass is 570 g/mol. The molecule has 0 saturated carbocycles. The summed E-state index contributed by atoms with van der Waals surface area (Å²) in [7, 11) is 6.16. The first-order valence-corrected chi connectivity index (χ1v) is 13.6. The minimum atomic E-state index is -0.690. The van der Waals surface area contributed by atoms with Gasteiger partial charge in [-0.15, -0.1) is 0 Å². The lowest BCUT2D eigenvalue weighted by atomic mass is 9.71. The zero-order chi connectivity index (χ0) is 30.0. The molecule has 0 aromatic heterocycles. The van der Waals surface area contributed by atoms with E-state index in [9.17, 15) is 14.7 Å². The lowest BCUT2D eigenvalue weighted by Gasteiger charge is -2.37. The van der Waals surface area contributed by atoms with E-state index >= 15 is 0 Å². The molecule has 3 aromatic rings. The third kappa shape index (κ3) is 5.25. The maximum absolute atomic E-state index is 14.0. The largest absolute Gasteiger partial charge is 0.504 e. The molecule has 1 heterocycles. The molecular weight excluding hydrogens is 536 g/mol. The number of nitrogens with one attached hydrogen (secondary N) is 2. The summed E-state index contributed by atoms with van der Waals surface area (Å²) in [5, 5.41) is 16.7. The zero-order valence-corrected chi connectivity index (χ0v) is 24.2. The summed E-state index contributed by atoms with van der Waals surface area (Å²) < 4.78 is 21.7. The maximum Gasteiger partial charge on any atom is 0.254 e. The number of amides is 1. The fourth-order valence-electron chi connectivity index (χ4n) is 5.83. The molecule has 3 N–H and O–H groups in total. The van der Waals surface area contributed by atoms with Crippen molar-refractivity contribution in [2.45, 2.75) is 31.6 Å². The Labute approximate surface area is 244 Å². The van der Waals surface area contributed by atoms with E-state index in [2.05, 4.69) is 10.6 Å². The fourth-order valence-corrected chi connectivity index (χ4v) is 5.83. The molecule has 1 aliphatic carbocycles. The third-order valence-electron chi connectivity index (χ3n) is 7.84. The SMILES string of the molecule is COc1cc([C@@H]2C(C(=O)Nc3ccccc3OC)=C(C)NC3=C2C(=O)C[C@@H](c2ccc(OC)c(OC)c2)C3)ccc1O. The van der Waals surface area contributed by atoms with Crippen molar-refractivity contribution in [2.24, 2.45) is 0 Å². The number of ether oxygens (including phenoxy) is 4. The molecule has 0 unspecified atom stereocenters. The van der Waals surface area contributed by atoms with Gasteiger partial charge in [-0.2, -0.15) is 0 Å². The number of benzene rings is 3. The number of rotatable bonds is 8. The summed E-state index contributed by atoms with van der Waals surface area (Å²) in [6.45, 7) is 1.83. The molecule has 0 fully saturated rings. The molecule has 9 heteroatoms. The van der Waals surface area contributed by atoms with E-state index in [-0.39, 0.29) is 35.5 Å². The minimum Gasteiger partial charge on any atom is -0.504 e. The molecule has 1 aliphatic heterocycles. The van der Waals surface area contributed by atoms with Crippen LogP contribution in [-0.2, 0) is 9.59 Å². The van der Waals surface area contributed by atoms with Crippen molar-refractivity contribution in [3.8, 4) is 28.7 Å². The molecule has 2 atom stereocenters. The Morgan fingerprint density at radius 1 is 0.833 bits per heavy atom. The lowest BCUT2D eigenvalue weighted by molar-refractivity contribution is -0.116. The second kappa shape index (κ2) is 11.9. The van der Waals surface area contributed by atoms with Crippen LogP contribution in [0.2, 0.25) is 0 Å². The Bertz CT molecular complexity index is 1610. The van der Waals surface area contributed by atoms with Gasteiger partial charge in [-0.25, -0.2) is 0 Å². The van der Waals surface area contributed by atoms with E-state index in [0.29, 0.717) is 51.8 Å². The Morgan fingerprint density at radius 2 is 1.50 bits per heavy atom. The Kier molecular flexibility index (Phi) is 8.10. The van der Waals surface area contributed by atoms with Crippen LogP contribution in [0.1, 0.15) is 42.7 Å². The van der Waals surface area contributed by atoms with Crippen LogP contribution in [0, 0.1) is 0 Å². The third-order valence-corrected chi connectivity index (χ3v) is 7.84. The van der Waals surface area contributed by atoms with Gasteiger partial charge in [-0.1, -0.05) is 24.3 Å². The number of carbonyl (C=O) groups excluding carboxylic acids is 2. The highest BCUT2D eigenvalue weighted by molar-refractivity contribution is 6.10. The van der Waals surface area contributed by atoms with E-state index in [0.717, 1.165) is 11.3 Å². The van der Waals surface area contributed by atoms with E-state index in [1.165, 1.54) is 20.3 Å². The molecule has 3 aromatic carbocycles.